The van der Waals surface area contributed by atoms with Crippen molar-refractivity contribution >= 4 is 28.2 Å². The van der Waals surface area contributed by atoms with E-state index < -0.39 is 5.91 Å². The molecule has 1 aliphatic carbocycles. The highest BCUT2D eigenvalue weighted by Gasteiger charge is 2.29. The summed E-state index contributed by atoms with van der Waals surface area (Å²) in [4.78, 5) is 26.3. The molecule has 4 rings (SSSR count). The van der Waals surface area contributed by atoms with E-state index in [2.05, 4.69) is 17.4 Å². The molecular formula is C21H21N3O3S. The Balaban J connectivity index is 1.71. The van der Waals surface area contributed by atoms with Gasteiger partial charge in [-0.25, -0.2) is 0 Å². The Bertz CT molecular complexity index is 1050. The van der Waals surface area contributed by atoms with E-state index in [4.69, 9.17) is 10.3 Å². The maximum atomic E-state index is 13.1. The fraction of sp³-hybridized carbons (Fsp3) is 0.286. The molecule has 28 heavy (non-hydrogen) atoms. The smallest absolute Gasteiger partial charge is 0.262 e. The summed E-state index contributed by atoms with van der Waals surface area (Å²) in [6, 6.07) is 9.39. The number of hydrogen-bond donors (Lipinski definition) is 2. The van der Waals surface area contributed by atoms with Gasteiger partial charge in [-0.1, -0.05) is 42.4 Å². The summed E-state index contributed by atoms with van der Waals surface area (Å²) in [6.07, 6.45) is 2.72. The van der Waals surface area contributed by atoms with Crippen molar-refractivity contribution in [1.29, 1.82) is 0 Å². The number of carbonyl (C=O) groups is 2. The van der Waals surface area contributed by atoms with Crippen LogP contribution in [0.2, 0.25) is 0 Å². The number of nitrogens with two attached hydrogens (primary N) is 1. The lowest BCUT2D eigenvalue weighted by molar-refractivity contribution is 0.1000. The summed E-state index contributed by atoms with van der Waals surface area (Å²) in [7, 11) is 0. The third kappa shape index (κ3) is 3.22. The lowest BCUT2D eigenvalue weighted by Crippen LogP contribution is -2.19. The molecule has 7 heteroatoms. The predicted molar refractivity (Wildman–Crippen MR) is 109 cm³/mol. The minimum absolute atomic E-state index is 0.355. The molecule has 3 N–H and O–H groups in total. The highest BCUT2D eigenvalue weighted by Crippen LogP contribution is 2.40. The van der Waals surface area contributed by atoms with Gasteiger partial charge in [0.2, 0.25) is 0 Å². The van der Waals surface area contributed by atoms with Crippen LogP contribution >= 0.6 is 11.3 Å². The van der Waals surface area contributed by atoms with Gasteiger partial charge in [0.25, 0.3) is 11.8 Å². The second kappa shape index (κ2) is 7.24. The Kier molecular flexibility index (Phi) is 4.77. The molecule has 6 nitrogen and oxygen atoms in total. The molecule has 0 saturated carbocycles. The normalized spacial score (nSPS) is 15.9. The fourth-order valence-electron chi connectivity index (χ4n) is 3.70. The molecule has 1 aliphatic rings. The molecule has 0 spiro atoms. The molecule has 1 aromatic carbocycles. The maximum Gasteiger partial charge on any atom is 0.262 e. The Morgan fingerprint density at radius 1 is 1.25 bits per heavy atom. The second-order valence-corrected chi connectivity index (χ2v) is 8.31. The number of thiophene rings is 1. The van der Waals surface area contributed by atoms with Crippen molar-refractivity contribution in [2.75, 3.05) is 5.32 Å². The summed E-state index contributed by atoms with van der Waals surface area (Å²) in [6.45, 7) is 3.89. The average molecular weight is 395 g/mol. The number of anilines is 1. The zero-order valence-electron chi connectivity index (χ0n) is 15.7. The first-order valence-electron chi connectivity index (χ1n) is 9.23. The van der Waals surface area contributed by atoms with Crippen LogP contribution in [0.15, 0.2) is 34.9 Å². The van der Waals surface area contributed by atoms with E-state index in [0.29, 0.717) is 33.5 Å². The van der Waals surface area contributed by atoms with Crippen LogP contribution < -0.4 is 11.1 Å². The number of aromatic nitrogens is 1. The number of rotatable bonds is 4. The van der Waals surface area contributed by atoms with E-state index in [1.807, 2.05) is 30.3 Å². The number of benzene rings is 1. The van der Waals surface area contributed by atoms with Gasteiger partial charge >= 0.3 is 0 Å². The molecule has 0 unspecified atom stereocenters. The molecule has 2 heterocycles. The van der Waals surface area contributed by atoms with Crippen molar-refractivity contribution in [3.8, 4) is 11.3 Å². The Morgan fingerprint density at radius 2 is 2.00 bits per heavy atom. The molecule has 0 radical (unpaired) electrons. The number of amides is 2. The first kappa shape index (κ1) is 18.4. The summed E-state index contributed by atoms with van der Waals surface area (Å²) in [5.41, 5.74) is 8.70. The van der Waals surface area contributed by atoms with E-state index in [0.717, 1.165) is 35.3 Å². The SMILES string of the molecule is Cc1onc(-c2ccccc2)c1C(=O)Nc1sc2c(c1C(N)=O)CC[C@@H](C)C2. The lowest BCUT2D eigenvalue weighted by atomic mass is 9.88. The number of nitrogens with one attached hydrogen (secondary N) is 1. The maximum absolute atomic E-state index is 13.1. The standard InChI is InChI=1S/C21H21N3O3S/c1-11-8-9-14-15(10-11)28-21(17(14)19(22)25)23-20(26)16-12(2)27-24-18(16)13-6-4-3-5-7-13/h3-7,11H,8-10H2,1-2H3,(H2,22,25)(H,23,26)/t11-/m1/s1. The number of carbonyl (C=O) groups excluding carboxylic acids is 2. The minimum atomic E-state index is -0.507. The Labute approximate surface area is 166 Å². The largest absolute Gasteiger partial charge is 0.365 e. The number of hydrogen-bond acceptors (Lipinski definition) is 5. The van der Waals surface area contributed by atoms with E-state index in [1.54, 1.807) is 6.92 Å². The van der Waals surface area contributed by atoms with Gasteiger partial charge in [-0.05, 0) is 37.7 Å². The van der Waals surface area contributed by atoms with Crippen LogP contribution in [0.3, 0.4) is 0 Å². The predicted octanol–water partition coefficient (Wildman–Crippen LogP) is 4.19. The van der Waals surface area contributed by atoms with Gasteiger partial charge in [0.05, 0.1) is 5.56 Å². The molecular weight excluding hydrogens is 374 g/mol. The van der Waals surface area contributed by atoms with E-state index in [9.17, 15) is 9.59 Å². The van der Waals surface area contributed by atoms with Gasteiger partial charge in [0.15, 0.2) is 0 Å². The zero-order chi connectivity index (χ0) is 19.8. The highest BCUT2D eigenvalue weighted by molar-refractivity contribution is 7.17. The van der Waals surface area contributed by atoms with Crippen LogP contribution in [-0.2, 0) is 12.8 Å². The quantitative estimate of drug-likeness (QED) is 0.692. The van der Waals surface area contributed by atoms with Crippen LogP contribution in [0, 0.1) is 12.8 Å². The number of aryl methyl sites for hydroxylation is 1. The minimum Gasteiger partial charge on any atom is -0.365 e. The van der Waals surface area contributed by atoms with Gasteiger partial charge < -0.3 is 15.6 Å². The third-order valence-electron chi connectivity index (χ3n) is 5.12. The molecule has 0 fully saturated rings. The number of primary amides is 1. The van der Waals surface area contributed by atoms with Gasteiger partial charge in [-0.3, -0.25) is 9.59 Å². The topological polar surface area (TPSA) is 98.2 Å². The van der Waals surface area contributed by atoms with Crippen LogP contribution in [-0.4, -0.2) is 17.0 Å². The van der Waals surface area contributed by atoms with Gasteiger partial charge in [-0.15, -0.1) is 11.3 Å². The Hall–Kier alpha value is -2.93. The number of nitrogens with zero attached hydrogens (tertiary/aromatic N) is 1. The van der Waals surface area contributed by atoms with E-state index in [1.165, 1.54) is 11.3 Å². The Morgan fingerprint density at radius 3 is 2.71 bits per heavy atom. The highest BCUT2D eigenvalue weighted by atomic mass is 32.1. The van der Waals surface area contributed by atoms with Crippen LogP contribution in [0.5, 0.6) is 0 Å². The lowest BCUT2D eigenvalue weighted by Gasteiger charge is -2.18. The summed E-state index contributed by atoms with van der Waals surface area (Å²) in [5, 5.41) is 7.46. The zero-order valence-corrected chi connectivity index (χ0v) is 16.6. The van der Waals surface area contributed by atoms with Crippen molar-refractivity contribution < 1.29 is 14.1 Å². The van der Waals surface area contributed by atoms with Gasteiger partial charge in [-0.2, -0.15) is 0 Å². The van der Waals surface area contributed by atoms with Gasteiger partial charge in [0.1, 0.15) is 22.0 Å². The first-order chi connectivity index (χ1) is 13.5. The van der Waals surface area contributed by atoms with Crippen LogP contribution in [0.4, 0.5) is 5.00 Å². The molecule has 144 valence electrons. The third-order valence-corrected chi connectivity index (χ3v) is 6.29. The average Bonchev–Trinajstić information content (AvgIpc) is 3.22. The monoisotopic (exact) mass is 395 g/mol. The van der Waals surface area contributed by atoms with Crippen molar-refractivity contribution in [2.45, 2.75) is 33.1 Å². The number of fused-ring (bicyclic) bond motifs is 1. The fourth-order valence-corrected chi connectivity index (χ4v) is 5.11. The second-order valence-electron chi connectivity index (χ2n) is 7.20. The van der Waals surface area contributed by atoms with Crippen molar-refractivity contribution in [1.82, 2.24) is 5.16 Å². The first-order valence-corrected chi connectivity index (χ1v) is 10.0. The van der Waals surface area contributed by atoms with Crippen LogP contribution in [0.25, 0.3) is 11.3 Å². The molecule has 0 bridgehead atoms. The van der Waals surface area contributed by atoms with Crippen molar-refractivity contribution in [2.24, 2.45) is 11.7 Å². The summed E-state index contributed by atoms with van der Waals surface area (Å²) < 4.78 is 5.28. The summed E-state index contributed by atoms with van der Waals surface area (Å²) >= 11 is 1.44. The van der Waals surface area contributed by atoms with Gasteiger partial charge in [0, 0.05) is 10.4 Å². The molecule has 0 saturated heterocycles. The molecule has 1 atom stereocenters. The van der Waals surface area contributed by atoms with Crippen LogP contribution in [0.1, 0.15) is 50.3 Å². The van der Waals surface area contributed by atoms with E-state index >= 15 is 0 Å². The van der Waals surface area contributed by atoms with Crippen molar-refractivity contribution in [3.05, 3.63) is 57.7 Å². The molecule has 2 amide bonds. The molecule has 2 aromatic heterocycles. The van der Waals surface area contributed by atoms with E-state index in [-0.39, 0.29) is 5.91 Å². The summed E-state index contributed by atoms with van der Waals surface area (Å²) in [5.74, 6) is 0.117. The molecule has 0 aliphatic heterocycles. The van der Waals surface area contributed by atoms with Crippen molar-refractivity contribution in [3.63, 3.8) is 0 Å². The molecule has 3 aromatic rings.